The van der Waals surface area contributed by atoms with Gasteiger partial charge in [-0.15, -0.1) is 0 Å². The van der Waals surface area contributed by atoms with Crippen LogP contribution >= 0.6 is 0 Å². The normalized spacial score (nSPS) is 25.2. The van der Waals surface area contributed by atoms with Crippen molar-refractivity contribution in [3.63, 3.8) is 0 Å². The second kappa shape index (κ2) is 5.31. The number of aryl methyl sites for hydroxylation is 2. The molecule has 1 aliphatic rings. The summed E-state index contributed by atoms with van der Waals surface area (Å²) in [5, 5.41) is 0. The van der Waals surface area contributed by atoms with Crippen molar-refractivity contribution >= 4 is 0 Å². The molecule has 0 spiro atoms. The molecule has 0 saturated heterocycles. The molecule has 2 N–H and O–H groups in total. The predicted octanol–water partition coefficient (Wildman–Crippen LogP) is 3.75. The highest BCUT2D eigenvalue weighted by Crippen LogP contribution is 2.42. The molecule has 0 bridgehead atoms. The second-order valence-electron chi connectivity index (χ2n) is 5.80. The van der Waals surface area contributed by atoms with Gasteiger partial charge < -0.3 is 10.5 Å². The maximum absolute atomic E-state index is 6.54. The minimum absolute atomic E-state index is 0.109. The molecule has 2 nitrogen and oxygen atoms in total. The topological polar surface area (TPSA) is 35.2 Å². The van der Waals surface area contributed by atoms with E-state index in [4.69, 9.17) is 10.5 Å². The third kappa shape index (κ3) is 2.39. The van der Waals surface area contributed by atoms with Crippen molar-refractivity contribution in [3.05, 3.63) is 28.8 Å². The first-order chi connectivity index (χ1) is 8.54. The monoisotopic (exact) mass is 247 g/mol. The van der Waals surface area contributed by atoms with Crippen molar-refractivity contribution < 1.29 is 4.74 Å². The summed E-state index contributed by atoms with van der Waals surface area (Å²) >= 11 is 0. The van der Waals surface area contributed by atoms with E-state index in [9.17, 15) is 0 Å². The Hall–Kier alpha value is -1.02. The number of hydrogen-bond donors (Lipinski definition) is 1. The lowest BCUT2D eigenvalue weighted by Gasteiger charge is -2.27. The van der Waals surface area contributed by atoms with Crippen molar-refractivity contribution in [1.82, 2.24) is 0 Å². The molecule has 1 aromatic carbocycles. The molecule has 1 aromatic rings. The average Bonchev–Trinajstić information content (AvgIpc) is 2.73. The fourth-order valence-corrected chi connectivity index (χ4v) is 3.46. The number of methoxy groups -OCH3 is 1. The Labute approximate surface area is 111 Å². The zero-order valence-electron chi connectivity index (χ0n) is 12.0. The van der Waals surface area contributed by atoms with Gasteiger partial charge in [0.15, 0.2) is 0 Å². The van der Waals surface area contributed by atoms with Gasteiger partial charge in [0.05, 0.1) is 7.11 Å². The van der Waals surface area contributed by atoms with Crippen LogP contribution in [-0.2, 0) is 0 Å². The van der Waals surface area contributed by atoms with Gasteiger partial charge in [-0.1, -0.05) is 25.8 Å². The van der Waals surface area contributed by atoms with Crippen LogP contribution in [0.2, 0.25) is 0 Å². The van der Waals surface area contributed by atoms with E-state index >= 15 is 0 Å². The zero-order valence-corrected chi connectivity index (χ0v) is 12.0. The number of benzene rings is 1. The molecule has 3 atom stereocenters. The highest BCUT2D eigenvalue weighted by Gasteiger charge is 2.31. The van der Waals surface area contributed by atoms with Crippen LogP contribution < -0.4 is 10.5 Å². The Morgan fingerprint density at radius 3 is 2.56 bits per heavy atom. The number of nitrogens with two attached hydrogens (primary N) is 1. The predicted molar refractivity (Wildman–Crippen MR) is 75.9 cm³/mol. The summed E-state index contributed by atoms with van der Waals surface area (Å²) in [6, 6.07) is 4.41. The van der Waals surface area contributed by atoms with Crippen molar-refractivity contribution in [2.45, 2.75) is 46.1 Å². The molecule has 0 aromatic heterocycles. The molecule has 0 radical (unpaired) electrons. The summed E-state index contributed by atoms with van der Waals surface area (Å²) in [4.78, 5) is 0. The average molecular weight is 247 g/mol. The highest BCUT2D eigenvalue weighted by atomic mass is 16.5. The minimum atomic E-state index is 0.109. The Kier molecular flexibility index (Phi) is 3.96. The Morgan fingerprint density at radius 1 is 1.28 bits per heavy atom. The largest absolute Gasteiger partial charge is 0.496 e. The van der Waals surface area contributed by atoms with E-state index in [0.29, 0.717) is 5.92 Å². The molecular formula is C16H25NO. The van der Waals surface area contributed by atoms with E-state index in [-0.39, 0.29) is 6.04 Å². The molecule has 2 heteroatoms. The highest BCUT2D eigenvalue weighted by molar-refractivity contribution is 5.45. The minimum Gasteiger partial charge on any atom is -0.496 e. The Morgan fingerprint density at radius 2 is 2.00 bits per heavy atom. The molecule has 100 valence electrons. The Bertz CT molecular complexity index is 427. The van der Waals surface area contributed by atoms with Gasteiger partial charge in [-0.25, -0.2) is 0 Å². The number of ether oxygens (including phenoxy) is 1. The molecule has 1 fully saturated rings. The van der Waals surface area contributed by atoms with Gasteiger partial charge in [0, 0.05) is 11.6 Å². The molecule has 1 saturated carbocycles. The lowest BCUT2D eigenvalue weighted by molar-refractivity contribution is 0.335. The van der Waals surface area contributed by atoms with E-state index in [1.165, 1.54) is 36.0 Å². The van der Waals surface area contributed by atoms with Gasteiger partial charge in [0.1, 0.15) is 5.75 Å². The van der Waals surface area contributed by atoms with Crippen LogP contribution in [0.1, 0.15) is 48.9 Å². The third-order valence-corrected chi connectivity index (χ3v) is 4.44. The van der Waals surface area contributed by atoms with Crippen molar-refractivity contribution in [2.75, 3.05) is 7.11 Å². The van der Waals surface area contributed by atoms with Crippen molar-refractivity contribution in [2.24, 2.45) is 17.6 Å². The van der Waals surface area contributed by atoms with E-state index in [1.54, 1.807) is 7.11 Å². The van der Waals surface area contributed by atoms with Gasteiger partial charge in [-0.05, 0) is 49.3 Å². The van der Waals surface area contributed by atoms with Crippen LogP contribution in [0.5, 0.6) is 5.75 Å². The zero-order chi connectivity index (χ0) is 13.3. The summed E-state index contributed by atoms with van der Waals surface area (Å²) in [5.74, 6) is 2.28. The van der Waals surface area contributed by atoms with Crippen molar-refractivity contribution in [1.29, 1.82) is 0 Å². The summed E-state index contributed by atoms with van der Waals surface area (Å²) < 4.78 is 5.54. The first-order valence-corrected chi connectivity index (χ1v) is 6.95. The van der Waals surface area contributed by atoms with Gasteiger partial charge in [0.2, 0.25) is 0 Å². The molecule has 2 rings (SSSR count). The van der Waals surface area contributed by atoms with E-state index in [2.05, 4.69) is 32.9 Å². The van der Waals surface area contributed by atoms with Crippen LogP contribution in [0.25, 0.3) is 0 Å². The summed E-state index contributed by atoms with van der Waals surface area (Å²) in [7, 11) is 1.74. The summed E-state index contributed by atoms with van der Waals surface area (Å²) in [5.41, 5.74) is 10.2. The lowest BCUT2D eigenvalue weighted by Crippen LogP contribution is -2.24. The number of hydrogen-bond acceptors (Lipinski definition) is 2. The third-order valence-electron chi connectivity index (χ3n) is 4.44. The summed E-state index contributed by atoms with van der Waals surface area (Å²) in [6.07, 6.45) is 3.87. The van der Waals surface area contributed by atoms with E-state index < -0.39 is 0 Å². The first kappa shape index (κ1) is 13.4. The molecule has 18 heavy (non-hydrogen) atoms. The maximum atomic E-state index is 6.54. The Balaban J connectivity index is 2.37. The molecule has 0 aliphatic heterocycles. The van der Waals surface area contributed by atoms with Crippen molar-refractivity contribution in [3.8, 4) is 5.75 Å². The SMILES string of the molecule is COc1cc(C)cc(C)c1C(N)C1CCCC1C. The smallest absolute Gasteiger partial charge is 0.124 e. The fourth-order valence-electron chi connectivity index (χ4n) is 3.46. The standard InChI is InChI=1S/C16H25NO/c1-10-8-12(3)15(14(9-10)18-4)16(17)13-7-5-6-11(13)2/h8-9,11,13,16H,5-7,17H2,1-4H3. The fraction of sp³-hybridized carbons (Fsp3) is 0.625. The van der Waals surface area contributed by atoms with Crippen LogP contribution in [-0.4, -0.2) is 7.11 Å². The van der Waals surface area contributed by atoms with Crippen LogP contribution in [0.15, 0.2) is 12.1 Å². The number of rotatable bonds is 3. The van der Waals surface area contributed by atoms with Gasteiger partial charge in [-0.2, -0.15) is 0 Å². The lowest BCUT2D eigenvalue weighted by atomic mass is 9.84. The maximum Gasteiger partial charge on any atom is 0.124 e. The van der Waals surface area contributed by atoms with Crippen LogP contribution in [0.4, 0.5) is 0 Å². The first-order valence-electron chi connectivity index (χ1n) is 6.95. The van der Waals surface area contributed by atoms with E-state index in [0.717, 1.165) is 11.7 Å². The van der Waals surface area contributed by atoms with Gasteiger partial charge in [0.25, 0.3) is 0 Å². The second-order valence-corrected chi connectivity index (χ2v) is 5.80. The van der Waals surface area contributed by atoms with Gasteiger partial charge >= 0.3 is 0 Å². The van der Waals surface area contributed by atoms with Crippen LogP contribution in [0.3, 0.4) is 0 Å². The summed E-state index contributed by atoms with van der Waals surface area (Å²) in [6.45, 7) is 6.57. The van der Waals surface area contributed by atoms with Gasteiger partial charge in [-0.3, -0.25) is 0 Å². The molecule has 1 aliphatic carbocycles. The molecular weight excluding hydrogens is 222 g/mol. The van der Waals surface area contributed by atoms with Crippen LogP contribution in [0, 0.1) is 25.7 Å². The molecule has 3 unspecified atom stereocenters. The van der Waals surface area contributed by atoms with E-state index in [1.807, 2.05) is 0 Å². The molecule has 0 heterocycles. The quantitative estimate of drug-likeness (QED) is 0.883. The molecule has 0 amide bonds.